The summed E-state index contributed by atoms with van der Waals surface area (Å²) < 4.78 is 5.33. The highest BCUT2D eigenvalue weighted by molar-refractivity contribution is 5.82. The van der Waals surface area contributed by atoms with Crippen molar-refractivity contribution in [2.24, 2.45) is 11.1 Å². The monoisotopic (exact) mass is 278 g/mol. The number of methoxy groups -OCH3 is 1. The van der Waals surface area contributed by atoms with Gasteiger partial charge in [-0.2, -0.15) is 0 Å². The average molecular weight is 278 g/mol. The minimum Gasteiger partial charge on any atom is -0.496 e. The van der Waals surface area contributed by atoms with Crippen molar-refractivity contribution in [2.45, 2.75) is 26.4 Å². The number of benzene rings is 1. The van der Waals surface area contributed by atoms with Crippen LogP contribution in [0.1, 0.15) is 31.9 Å². The normalized spacial score (nSPS) is 23.7. The molecule has 1 aliphatic heterocycles. The number of nitrogens with two attached hydrogens (primary N) is 1. The number of aliphatic hydroxyl groups is 1. The fourth-order valence-electron chi connectivity index (χ4n) is 2.77. The van der Waals surface area contributed by atoms with Gasteiger partial charge in [0.25, 0.3) is 0 Å². The largest absolute Gasteiger partial charge is 0.496 e. The highest BCUT2D eigenvalue weighted by Crippen LogP contribution is 2.39. The predicted octanol–water partition coefficient (Wildman–Crippen LogP) is 1.45. The molecule has 20 heavy (non-hydrogen) atoms. The van der Waals surface area contributed by atoms with Gasteiger partial charge in [0.15, 0.2) is 0 Å². The van der Waals surface area contributed by atoms with Crippen LogP contribution in [0.15, 0.2) is 18.2 Å². The van der Waals surface area contributed by atoms with Crippen LogP contribution in [-0.2, 0) is 4.79 Å². The van der Waals surface area contributed by atoms with Crippen molar-refractivity contribution in [3.8, 4) is 5.75 Å². The summed E-state index contributed by atoms with van der Waals surface area (Å²) in [6.07, 6.45) is 0.0836. The van der Waals surface area contributed by atoms with Crippen LogP contribution in [0.2, 0.25) is 0 Å². The Morgan fingerprint density at radius 2 is 2.25 bits per heavy atom. The Bertz CT molecular complexity index is 516. The lowest BCUT2D eigenvalue weighted by atomic mass is 9.89. The van der Waals surface area contributed by atoms with E-state index in [1.54, 1.807) is 14.0 Å². The molecule has 5 heteroatoms. The molecule has 1 saturated heterocycles. The number of primary amides is 1. The van der Waals surface area contributed by atoms with Crippen LogP contribution < -0.4 is 15.4 Å². The number of aliphatic hydroxyl groups excluding tert-OH is 1. The number of carbonyl (C=O) groups excluding carboxylic acids is 1. The van der Waals surface area contributed by atoms with Gasteiger partial charge in [-0.25, -0.2) is 0 Å². The molecule has 0 aliphatic carbocycles. The minimum atomic E-state index is -0.637. The molecule has 0 spiro atoms. The topological polar surface area (TPSA) is 75.8 Å². The van der Waals surface area contributed by atoms with Crippen LogP contribution in [-0.4, -0.2) is 31.2 Å². The molecule has 1 fully saturated rings. The lowest BCUT2D eigenvalue weighted by molar-refractivity contribution is -0.125. The highest BCUT2D eigenvalue weighted by atomic mass is 16.5. The van der Waals surface area contributed by atoms with Gasteiger partial charge < -0.3 is 20.5 Å². The fourth-order valence-corrected chi connectivity index (χ4v) is 2.77. The predicted molar refractivity (Wildman–Crippen MR) is 77.8 cm³/mol. The minimum absolute atomic E-state index is 0.276. The molecule has 5 nitrogen and oxygen atoms in total. The smallest absolute Gasteiger partial charge is 0.225 e. The van der Waals surface area contributed by atoms with Crippen molar-refractivity contribution in [1.29, 1.82) is 0 Å². The Labute approximate surface area is 119 Å². The Kier molecular flexibility index (Phi) is 3.90. The number of hydrogen-bond acceptors (Lipinski definition) is 4. The molecular formula is C15H22N2O3. The zero-order valence-electron chi connectivity index (χ0n) is 12.2. The fraction of sp³-hybridized carbons (Fsp3) is 0.533. The lowest BCUT2D eigenvalue weighted by Gasteiger charge is -2.26. The van der Waals surface area contributed by atoms with E-state index in [4.69, 9.17) is 10.5 Å². The van der Waals surface area contributed by atoms with Crippen molar-refractivity contribution < 1.29 is 14.6 Å². The first-order chi connectivity index (χ1) is 9.39. The van der Waals surface area contributed by atoms with Crippen LogP contribution in [0, 0.1) is 5.41 Å². The molecule has 1 heterocycles. The molecule has 3 N–H and O–H groups in total. The SMILES string of the molecule is COc1cccc(N2CCC(C)(C(N)=O)C2)c1C(C)O. The van der Waals surface area contributed by atoms with Gasteiger partial charge in [-0.05, 0) is 32.4 Å². The van der Waals surface area contributed by atoms with Gasteiger partial charge in [-0.15, -0.1) is 0 Å². The van der Waals surface area contributed by atoms with Crippen molar-refractivity contribution in [1.82, 2.24) is 0 Å². The lowest BCUT2D eigenvalue weighted by Crippen LogP contribution is -2.37. The highest BCUT2D eigenvalue weighted by Gasteiger charge is 2.39. The van der Waals surface area contributed by atoms with Crippen molar-refractivity contribution in [2.75, 3.05) is 25.1 Å². The van der Waals surface area contributed by atoms with Crippen molar-refractivity contribution >= 4 is 11.6 Å². The van der Waals surface area contributed by atoms with Gasteiger partial charge in [-0.3, -0.25) is 4.79 Å². The first kappa shape index (κ1) is 14.7. The van der Waals surface area contributed by atoms with Crippen molar-refractivity contribution in [3.05, 3.63) is 23.8 Å². The summed E-state index contributed by atoms with van der Waals surface area (Å²) >= 11 is 0. The molecular weight excluding hydrogens is 256 g/mol. The summed E-state index contributed by atoms with van der Waals surface area (Å²) in [5.41, 5.74) is 6.63. The molecule has 1 aromatic carbocycles. The summed E-state index contributed by atoms with van der Waals surface area (Å²) in [4.78, 5) is 13.7. The number of anilines is 1. The molecule has 2 unspecified atom stereocenters. The zero-order chi connectivity index (χ0) is 14.9. The van der Waals surface area contributed by atoms with Gasteiger partial charge >= 0.3 is 0 Å². The second-order valence-corrected chi connectivity index (χ2v) is 5.67. The van der Waals surface area contributed by atoms with E-state index in [0.29, 0.717) is 12.3 Å². The Balaban J connectivity index is 2.37. The standard InChI is InChI=1S/C15H22N2O3/c1-10(18)13-11(5-4-6-12(13)20-3)17-8-7-15(2,9-17)14(16)19/h4-6,10,18H,7-9H2,1-3H3,(H2,16,19). The molecule has 2 rings (SSSR count). The summed E-state index contributed by atoms with van der Waals surface area (Å²) in [6.45, 7) is 4.91. The van der Waals surface area contributed by atoms with Crippen LogP contribution in [0.3, 0.4) is 0 Å². The van der Waals surface area contributed by atoms with E-state index in [-0.39, 0.29) is 5.91 Å². The molecule has 1 amide bonds. The second-order valence-electron chi connectivity index (χ2n) is 5.67. The molecule has 110 valence electrons. The third-order valence-electron chi connectivity index (χ3n) is 4.09. The van der Waals surface area contributed by atoms with Crippen LogP contribution in [0.5, 0.6) is 5.75 Å². The summed E-state index contributed by atoms with van der Waals surface area (Å²) in [6, 6.07) is 5.66. The Morgan fingerprint density at radius 3 is 2.75 bits per heavy atom. The molecule has 1 aromatic rings. The molecule has 0 saturated carbocycles. The van der Waals surface area contributed by atoms with E-state index in [2.05, 4.69) is 4.90 Å². The van der Waals surface area contributed by atoms with E-state index in [1.807, 2.05) is 25.1 Å². The first-order valence-electron chi connectivity index (χ1n) is 6.79. The number of hydrogen-bond donors (Lipinski definition) is 2. The quantitative estimate of drug-likeness (QED) is 0.874. The maximum Gasteiger partial charge on any atom is 0.225 e. The molecule has 0 bridgehead atoms. The van der Waals surface area contributed by atoms with Gasteiger partial charge in [0, 0.05) is 24.3 Å². The van der Waals surface area contributed by atoms with Crippen LogP contribution >= 0.6 is 0 Å². The van der Waals surface area contributed by atoms with Gasteiger partial charge in [0.05, 0.1) is 18.6 Å². The van der Waals surface area contributed by atoms with Gasteiger partial charge in [-0.1, -0.05) is 6.07 Å². The summed E-state index contributed by atoms with van der Waals surface area (Å²) in [5, 5.41) is 10.0. The molecule has 0 radical (unpaired) electrons. The van der Waals surface area contributed by atoms with Gasteiger partial charge in [0.2, 0.25) is 5.91 Å². The van der Waals surface area contributed by atoms with Crippen LogP contribution in [0.25, 0.3) is 0 Å². The number of ether oxygens (including phenoxy) is 1. The van der Waals surface area contributed by atoms with E-state index < -0.39 is 11.5 Å². The van der Waals surface area contributed by atoms with Crippen LogP contribution in [0.4, 0.5) is 5.69 Å². The maximum absolute atomic E-state index is 11.6. The zero-order valence-corrected chi connectivity index (χ0v) is 12.2. The third kappa shape index (κ3) is 2.45. The second kappa shape index (κ2) is 5.32. The molecule has 1 aliphatic rings. The van der Waals surface area contributed by atoms with Crippen molar-refractivity contribution in [3.63, 3.8) is 0 Å². The van der Waals surface area contributed by atoms with E-state index in [0.717, 1.165) is 24.2 Å². The number of nitrogens with zero attached hydrogens (tertiary/aromatic N) is 1. The Morgan fingerprint density at radius 1 is 1.55 bits per heavy atom. The Hall–Kier alpha value is -1.75. The third-order valence-corrected chi connectivity index (χ3v) is 4.09. The van der Waals surface area contributed by atoms with E-state index in [9.17, 15) is 9.90 Å². The summed E-state index contributed by atoms with van der Waals surface area (Å²) in [5.74, 6) is 0.381. The number of amides is 1. The maximum atomic E-state index is 11.6. The van der Waals surface area contributed by atoms with Gasteiger partial charge in [0.1, 0.15) is 5.75 Å². The molecule has 2 atom stereocenters. The number of carbonyl (C=O) groups is 1. The van der Waals surface area contributed by atoms with E-state index in [1.165, 1.54) is 0 Å². The van der Waals surface area contributed by atoms with E-state index >= 15 is 0 Å². The molecule has 0 aromatic heterocycles. The average Bonchev–Trinajstić information content (AvgIpc) is 2.81. The number of rotatable bonds is 4. The summed E-state index contributed by atoms with van der Waals surface area (Å²) in [7, 11) is 1.59. The first-order valence-corrected chi connectivity index (χ1v) is 6.79.